The summed E-state index contributed by atoms with van der Waals surface area (Å²) in [6.45, 7) is 5.90. The van der Waals surface area contributed by atoms with Crippen molar-refractivity contribution in [2.24, 2.45) is 17.6 Å². The lowest BCUT2D eigenvalue weighted by Gasteiger charge is -2.35. The van der Waals surface area contributed by atoms with Crippen molar-refractivity contribution in [3.8, 4) is 0 Å². The smallest absolute Gasteiger partial charge is 0.251 e. The fourth-order valence-corrected chi connectivity index (χ4v) is 5.30. The molecule has 1 heterocycles. The zero-order valence-electron chi connectivity index (χ0n) is 23.3. The van der Waals surface area contributed by atoms with E-state index in [1.54, 1.807) is 24.3 Å². The van der Waals surface area contributed by atoms with Crippen LogP contribution in [0.1, 0.15) is 81.1 Å². The van der Waals surface area contributed by atoms with Crippen molar-refractivity contribution in [2.45, 2.75) is 90.3 Å². The molecule has 2 fully saturated rings. The van der Waals surface area contributed by atoms with Crippen molar-refractivity contribution >= 4 is 29.5 Å². The van der Waals surface area contributed by atoms with E-state index in [9.17, 15) is 24.0 Å². The summed E-state index contributed by atoms with van der Waals surface area (Å²) >= 11 is 0. The number of nitrogens with one attached hydrogen (secondary N) is 3. The van der Waals surface area contributed by atoms with Gasteiger partial charge in [-0.05, 0) is 57.1 Å². The molecule has 1 aliphatic heterocycles. The van der Waals surface area contributed by atoms with Gasteiger partial charge in [0.15, 0.2) is 0 Å². The van der Waals surface area contributed by atoms with Gasteiger partial charge in [0, 0.05) is 24.6 Å². The number of aryl methyl sites for hydroxylation is 1. The summed E-state index contributed by atoms with van der Waals surface area (Å²) < 4.78 is 0. The molecule has 5 N–H and O–H groups in total. The van der Waals surface area contributed by atoms with Crippen LogP contribution in [0.2, 0.25) is 0 Å². The van der Waals surface area contributed by atoms with Crippen LogP contribution in [0.4, 0.5) is 0 Å². The summed E-state index contributed by atoms with van der Waals surface area (Å²) in [7, 11) is 0. The van der Waals surface area contributed by atoms with Crippen molar-refractivity contribution in [2.75, 3.05) is 13.1 Å². The third-order valence-corrected chi connectivity index (χ3v) is 8.02. The van der Waals surface area contributed by atoms with Gasteiger partial charge < -0.3 is 26.6 Å². The Kier molecular flexibility index (Phi) is 10.9. The number of nitrogens with two attached hydrogens (primary N) is 1. The SMILES string of the molecule is CC[C@@H](C)C(=O)N[C@H](C(=O)N1CCC[C@H]1C(=O)N[C@@H](CNC(=O)c1ccc(C)cc1)C(N)=O)C1CCCCC1. The Labute approximate surface area is 230 Å². The summed E-state index contributed by atoms with van der Waals surface area (Å²) in [5, 5.41) is 8.28. The number of primary amides is 1. The molecule has 0 spiro atoms. The van der Waals surface area contributed by atoms with Crippen LogP contribution in [0.25, 0.3) is 0 Å². The molecule has 0 aromatic heterocycles. The Balaban J connectivity index is 1.67. The van der Waals surface area contributed by atoms with Crippen molar-refractivity contribution in [1.29, 1.82) is 0 Å². The van der Waals surface area contributed by atoms with Gasteiger partial charge in [0.25, 0.3) is 5.91 Å². The number of carbonyl (C=O) groups excluding carboxylic acids is 5. The van der Waals surface area contributed by atoms with E-state index in [4.69, 9.17) is 5.73 Å². The van der Waals surface area contributed by atoms with E-state index < -0.39 is 29.9 Å². The highest BCUT2D eigenvalue weighted by Gasteiger charge is 2.41. The lowest BCUT2D eigenvalue weighted by Crippen LogP contribution is -2.59. The van der Waals surface area contributed by atoms with Crippen molar-refractivity contribution in [3.05, 3.63) is 35.4 Å². The summed E-state index contributed by atoms with van der Waals surface area (Å²) in [5.74, 6) is -2.26. The molecule has 1 aromatic rings. The first kappa shape index (κ1) is 30.1. The number of nitrogens with zero attached hydrogens (tertiary/aromatic N) is 1. The summed E-state index contributed by atoms with van der Waals surface area (Å²) in [4.78, 5) is 66.0. The van der Waals surface area contributed by atoms with Gasteiger partial charge in [-0.15, -0.1) is 0 Å². The lowest BCUT2D eigenvalue weighted by atomic mass is 9.83. The molecule has 1 aliphatic carbocycles. The lowest BCUT2D eigenvalue weighted by molar-refractivity contribution is -0.144. The van der Waals surface area contributed by atoms with Gasteiger partial charge in [0.05, 0.1) is 0 Å². The van der Waals surface area contributed by atoms with E-state index in [0.717, 1.165) is 37.7 Å². The second-order valence-corrected chi connectivity index (χ2v) is 10.9. The monoisotopic (exact) mass is 541 g/mol. The molecule has 3 rings (SSSR count). The van der Waals surface area contributed by atoms with Gasteiger partial charge in [0.1, 0.15) is 18.1 Å². The summed E-state index contributed by atoms with van der Waals surface area (Å²) in [6.07, 6.45) is 6.57. The van der Waals surface area contributed by atoms with Crippen LogP contribution in [0.5, 0.6) is 0 Å². The number of benzene rings is 1. The fourth-order valence-electron chi connectivity index (χ4n) is 5.30. The second kappa shape index (κ2) is 14.1. The molecule has 2 aliphatic rings. The van der Waals surface area contributed by atoms with Gasteiger partial charge in [-0.3, -0.25) is 24.0 Å². The van der Waals surface area contributed by atoms with E-state index in [2.05, 4.69) is 16.0 Å². The maximum Gasteiger partial charge on any atom is 0.251 e. The number of rotatable bonds is 11. The molecular formula is C29H43N5O5. The van der Waals surface area contributed by atoms with Gasteiger partial charge in [-0.25, -0.2) is 0 Å². The Morgan fingerprint density at radius 3 is 2.26 bits per heavy atom. The first-order valence-corrected chi connectivity index (χ1v) is 14.2. The first-order valence-electron chi connectivity index (χ1n) is 14.2. The molecule has 10 heteroatoms. The topological polar surface area (TPSA) is 151 Å². The highest BCUT2D eigenvalue weighted by Crippen LogP contribution is 2.29. The number of amides is 5. The van der Waals surface area contributed by atoms with Gasteiger partial charge in [-0.1, -0.05) is 50.8 Å². The van der Waals surface area contributed by atoms with E-state index in [1.807, 2.05) is 20.8 Å². The Bertz CT molecular complexity index is 1040. The van der Waals surface area contributed by atoms with Gasteiger partial charge >= 0.3 is 0 Å². The number of hydrogen-bond donors (Lipinski definition) is 4. The molecule has 214 valence electrons. The summed E-state index contributed by atoms with van der Waals surface area (Å²) in [5.41, 5.74) is 6.97. The van der Waals surface area contributed by atoms with Crippen molar-refractivity contribution in [3.63, 3.8) is 0 Å². The first-order chi connectivity index (χ1) is 18.6. The van der Waals surface area contributed by atoms with Crippen molar-refractivity contribution < 1.29 is 24.0 Å². The maximum absolute atomic E-state index is 13.8. The predicted octanol–water partition coefficient (Wildman–Crippen LogP) is 1.80. The highest BCUT2D eigenvalue weighted by atomic mass is 16.2. The van der Waals surface area contributed by atoms with E-state index in [1.165, 1.54) is 4.90 Å². The molecule has 10 nitrogen and oxygen atoms in total. The maximum atomic E-state index is 13.8. The van der Waals surface area contributed by atoms with Crippen LogP contribution in [-0.4, -0.2) is 65.7 Å². The Morgan fingerprint density at radius 2 is 1.64 bits per heavy atom. The van der Waals surface area contributed by atoms with Gasteiger partial charge in [-0.2, -0.15) is 0 Å². The van der Waals surface area contributed by atoms with Crippen LogP contribution in [0, 0.1) is 18.8 Å². The van der Waals surface area contributed by atoms with Crippen LogP contribution in [0.15, 0.2) is 24.3 Å². The Hall–Kier alpha value is -3.43. The van der Waals surface area contributed by atoms with Crippen LogP contribution >= 0.6 is 0 Å². The van der Waals surface area contributed by atoms with Gasteiger partial charge in [0.2, 0.25) is 23.6 Å². The summed E-state index contributed by atoms with van der Waals surface area (Å²) in [6, 6.07) is 4.36. The quantitative estimate of drug-likeness (QED) is 0.337. The highest BCUT2D eigenvalue weighted by molar-refractivity contribution is 5.96. The van der Waals surface area contributed by atoms with Crippen LogP contribution in [0.3, 0.4) is 0 Å². The molecule has 4 atom stereocenters. The molecular weight excluding hydrogens is 498 g/mol. The minimum atomic E-state index is -1.14. The number of hydrogen-bond acceptors (Lipinski definition) is 5. The number of carbonyl (C=O) groups is 5. The average molecular weight is 542 g/mol. The average Bonchev–Trinajstić information content (AvgIpc) is 3.43. The molecule has 1 saturated heterocycles. The molecule has 0 bridgehead atoms. The van der Waals surface area contributed by atoms with E-state index in [0.29, 0.717) is 31.4 Å². The van der Waals surface area contributed by atoms with E-state index >= 15 is 0 Å². The molecule has 39 heavy (non-hydrogen) atoms. The molecule has 1 saturated carbocycles. The molecule has 0 radical (unpaired) electrons. The van der Waals surface area contributed by atoms with Crippen LogP contribution < -0.4 is 21.7 Å². The molecule has 0 unspecified atom stereocenters. The zero-order valence-corrected chi connectivity index (χ0v) is 23.3. The predicted molar refractivity (Wildman–Crippen MR) is 147 cm³/mol. The molecule has 1 aromatic carbocycles. The standard InChI is InChI=1S/C29H43N5O5/c1-4-19(3)26(36)33-24(20-9-6-5-7-10-20)29(39)34-16-8-11-23(34)28(38)32-22(25(30)35)17-31-27(37)21-14-12-18(2)13-15-21/h12-15,19-20,22-24H,4-11,16-17H2,1-3H3,(H2,30,35)(H,31,37)(H,32,38)(H,33,36)/t19-,22+,23+,24+/m1/s1. The van der Waals surface area contributed by atoms with Crippen LogP contribution in [-0.2, 0) is 19.2 Å². The largest absolute Gasteiger partial charge is 0.368 e. The number of likely N-dealkylation sites (tertiary alicyclic amines) is 1. The third kappa shape index (κ3) is 8.03. The minimum Gasteiger partial charge on any atom is -0.368 e. The normalized spacial score (nSPS) is 20.0. The third-order valence-electron chi connectivity index (χ3n) is 8.02. The van der Waals surface area contributed by atoms with E-state index in [-0.39, 0.29) is 36.1 Å². The fraction of sp³-hybridized carbons (Fsp3) is 0.621. The molecule has 5 amide bonds. The Morgan fingerprint density at radius 1 is 0.974 bits per heavy atom. The zero-order chi connectivity index (χ0) is 28.5. The van der Waals surface area contributed by atoms with Crippen molar-refractivity contribution in [1.82, 2.24) is 20.9 Å². The second-order valence-electron chi connectivity index (χ2n) is 10.9. The minimum absolute atomic E-state index is 0.0268.